The van der Waals surface area contributed by atoms with Crippen molar-refractivity contribution in [3.8, 4) is 5.69 Å². The lowest BCUT2D eigenvalue weighted by molar-refractivity contribution is -0.120. The van der Waals surface area contributed by atoms with Gasteiger partial charge in [-0.25, -0.2) is 13.8 Å². The minimum Gasteiger partial charge on any atom is -0.356 e. The van der Waals surface area contributed by atoms with Crippen molar-refractivity contribution in [2.75, 3.05) is 11.9 Å². The van der Waals surface area contributed by atoms with Crippen LogP contribution in [0.5, 0.6) is 0 Å². The van der Waals surface area contributed by atoms with Gasteiger partial charge in [-0.15, -0.1) is 0 Å². The van der Waals surface area contributed by atoms with E-state index in [4.69, 9.17) is 0 Å². The maximum atomic E-state index is 13.5. The van der Waals surface area contributed by atoms with Crippen molar-refractivity contribution in [1.82, 2.24) is 14.5 Å². The molecular weight excluding hydrogens is 475 g/mol. The third kappa shape index (κ3) is 6.00. The summed E-state index contributed by atoms with van der Waals surface area (Å²) in [5.74, 6) is -0.833. The van der Waals surface area contributed by atoms with Gasteiger partial charge in [0.1, 0.15) is 12.4 Å². The molecule has 1 heterocycles. The van der Waals surface area contributed by atoms with Crippen LogP contribution >= 0.6 is 0 Å². The van der Waals surface area contributed by atoms with Gasteiger partial charge < -0.3 is 10.6 Å². The van der Waals surface area contributed by atoms with E-state index in [-0.39, 0.29) is 29.9 Å². The summed E-state index contributed by atoms with van der Waals surface area (Å²) in [6.07, 6.45) is 0.171. The maximum Gasteiger partial charge on any atom is 0.336 e. The summed E-state index contributed by atoms with van der Waals surface area (Å²) < 4.78 is 15.7. The lowest BCUT2D eigenvalue weighted by atomic mass is 10.1. The largest absolute Gasteiger partial charge is 0.356 e. The van der Waals surface area contributed by atoms with Crippen LogP contribution in [0.15, 0.2) is 82.4 Å². The molecule has 0 saturated carbocycles. The Balaban J connectivity index is 1.67. The van der Waals surface area contributed by atoms with Crippen molar-refractivity contribution < 1.29 is 14.0 Å². The van der Waals surface area contributed by atoms with Gasteiger partial charge in [-0.3, -0.25) is 19.0 Å². The van der Waals surface area contributed by atoms with E-state index in [1.165, 1.54) is 28.8 Å². The normalized spacial score (nSPS) is 11.0. The number of nitrogens with zero attached hydrogens (tertiary/aromatic N) is 2. The van der Waals surface area contributed by atoms with E-state index in [0.29, 0.717) is 23.7 Å². The van der Waals surface area contributed by atoms with Crippen LogP contribution in [0.25, 0.3) is 16.6 Å². The minimum absolute atomic E-state index is 0.115. The molecule has 9 heteroatoms. The summed E-state index contributed by atoms with van der Waals surface area (Å²) in [7, 11) is 0. The van der Waals surface area contributed by atoms with Gasteiger partial charge in [-0.05, 0) is 53.9 Å². The standard InChI is InChI=1S/C28H27FN4O4/c1-18(2)16-30-25(34)14-19-10-12-22(13-11-19)33-27(36)23-8-3-4-9-24(23)32(28(33)37)17-26(35)31-21-7-5-6-20(29)15-21/h3-13,15,18H,14,16-17H2,1-2H3,(H,30,34)(H,31,35). The Morgan fingerprint density at radius 3 is 2.35 bits per heavy atom. The number of hydrogen-bond acceptors (Lipinski definition) is 4. The van der Waals surface area contributed by atoms with Gasteiger partial charge in [-0.1, -0.05) is 44.2 Å². The van der Waals surface area contributed by atoms with Crippen molar-refractivity contribution in [3.63, 3.8) is 0 Å². The lowest BCUT2D eigenvalue weighted by Gasteiger charge is -2.14. The number of halogens is 1. The van der Waals surface area contributed by atoms with Crippen LogP contribution in [0, 0.1) is 11.7 Å². The number of anilines is 1. The summed E-state index contributed by atoms with van der Waals surface area (Å²) >= 11 is 0. The zero-order chi connectivity index (χ0) is 26.5. The van der Waals surface area contributed by atoms with Gasteiger partial charge in [0.15, 0.2) is 0 Å². The second-order valence-electron chi connectivity index (χ2n) is 9.13. The number of amides is 2. The molecule has 0 aliphatic heterocycles. The Morgan fingerprint density at radius 2 is 1.65 bits per heavy atom. The van der Waals surface area contributed by atoms with Crippen LogP contribution in [-0.4, -0.2) is 27.5 Å². The number of hydrogen-bond donors (Lipinski definition) is 2. The first-order chi connectivity index (χ1) is 17.7. The SMILES string of the molecule is CC(C)CNC(=O)Cc1ccc(-n2c(=O)c3ccccc3n(CC(=O)Nc3cccc(F)c3)c2=O)cc1. The molecule has 37 heavy (non-hydrogen) atoms. The topological polar surface area (TPSA) is 102 Å². The molecule has 2 amide bonds. The minimum atomic E-state index is -0.694. The van der Waals surface area contributed by atoms with Gasteiger partial charge in [0.25, 0.3) is 5.56 Å². The smallest absolute Gasteiger partial charge is 0.336 e. The first-order valence-corrected chi connectivity index (χ1v) is 11.9. The number of fused-ring (bicyclic) bond motifs is 1. The first kappa shape index (κ1) is 25.6. The molecular formula is C28H27FN4O4. The van der Waals surface area contributed by atoms with Crippen LogP contribution in [0.1, 0.15) is 19.4 Å². The summed E-state index contributed by atoms with van der Waals surface area (Å²) in [6.45, 7) is 4.21. The van der Waals surface area contributed by atoms with Crippen LogP contribution in [0.4, 0.5) is 10.1 Å². The van der Waals surface area contributed by atoms with E-state index in [0.717, 1.165) is 10.1 Å². The monoisotopic (exact) mass is 502 g/mol. The fourth-order valence-corrected chi connectivity index (χ4v) is 3.94. The second kappa shape index (κ2) is 11.0. The fourth-order valence-electron chi connectivity index (χ4n) is 3.94. The molecule has 190 valence electrons. The van der Waals surface area contributed by atoms with Crippen LogP contribution in [-0.2, 0) is 22.6 Å². The maximum absolute atomic E-state index is 13.5. The number of nitrogens with one attached hydrogen (secondary N) is 2. The number of rotatable bonds is 8. The van der Waals surface area contributed by atoms with Gasteiger partial charge >= 0.3 is 5.69 Å². The molecule has 1 aromatic heterocycles. The number of benzene rings is 3. The van der Waals surface area contributed by atoms with Gasteiger partial charge in [0.2, 0.25) is 11.8 Å². The van der Waals surface area contributed by atoms with E-state index in [1.807, 2.05) is 13.8 Å². The predicted octanol–water partition coefficient (Wildman–Crippen LogP) is 3.24. The Bertz CT molecular complexity index is 1570. The van der Waals surface area contributed by atoms with Crippen molar-refractivity contribution in [2.45, 2.75) is 26.8 Å². The molecule has 4 aromatic rings. The average molecular weight is 503 g/mol. The number of aromatic nitrogens is 2. The predicted molar refractivity (Wildman–Crippen MR) is 140 cm³/mol. The van der Waals surface area contributed by atoms with Gasteiger partial charge in [0.05, 0.1) is 23.0 Å². The highest BCUT2D eigenvalue weighted by Gasteiger charge is 2.17. The van der Waals surface area contributed by atoms with Gasteiger partial charge in [0, 0.05) is 12.2 Å². The molecule has 8 nitrogen and oxygen atoms in total. The molecule has 0 fully saturated rings. The van der Waals surface area contributed by atoms with Crippen molar-refractivity contribution in [3.05, 3.63) is 105 Å². The Labute approximate surface area is 212 Å². The van der Waals surface area contributed by atoms with E-state index >= 15 is 0 Å². The third-order valence-corrected chi connectivity index (χ3v) is 5.73. The van der Waals surface area contributed by atoms with Gasteiger partial charge in [-0.2, -0.15) is 0 Å². The van der Waals surface area contributed by atoms with Crippen molar-refractivity contribution >= 4 is 28.4 Å². The summed E-state index contributed by atoms with van der Waals surface area (Å²) in [6, 6.07) is 18.5. The van der Waals surface area contributed by atoms with Crippen molar-refractivity contribution in [2.24, 2.45) is 5.92 Å². The Hall–Kier alpha value is -4.53. The summed E-state index contributed by atoms with van der Waals surface area (Å²) in [4.78, 5) is 51.6. The molecule has 0 saturated heterocycles. The van der Waals surface area contributed by atoms with Crippen LogP contribution in [0.2, 0.25) is 0 Å². The van der Waals surface area contributed by atoms with Crippen LogP contribution in [0.3, 0.4) is 0 Å². The number of para-hydroxylation sites is 1. The Morgan fingerprint density at radius 1 is 0.919 bits per heavy atom. The molecule has 2 N–H and O–H groups in total. The zero-order valence-corrected chi connectivity index (χ0v) is 20.5. The van der Waals surface area contributed by atoms with E-state index < -0.39 is 23.0 Å². The molecule has 0 aliphatic carbocycles. The summed E-state index contributed by atoms with van der Waals surface area (Å²) in [5.41, 5.74) is 0.385. The van der Waals surface area contributed by atoms with Crippen LogP contribution < -0.4 is 21.9 Å². The second-order valence-corrected chi connectivity index (χ2v) is 9.13. The number of carbonyl (C=O) groups is 2. The van der Waals surface area contributed by atoms with Crippen molar-refractivity contribution in [1.29, 1.82) is 0 Å². The van der Waals surface area contributed by atoms with E-state index in [9.17, 15) is 23.6 Å². The molecule has 0 atom stereocenters. The zero-order valence-electron chi connectivity index (χ0n) is 20.5. The molecule has 4 rings (SSSR count). The number of carbonyl (C=O) groups excluding carboxylic acids is 2. The molecule has 0 radical (unpaired) electrons. The fraction of sp³-hybridized carbons (Fsp3) is 0.214. The molecule has 3 aromatic carbocycles. The molecule has 0 spiro atoms. The van der Waals surface area contributed by atoms with E-state index in [1.54, 1.807) is 48.5 Å². The summed E-state index contributed by atoms with van der Waals surface area (Å²) in [5, 5.41) is 5.69. The quantitative estimate of drug-likeness (QED) is 0.386. The molecule has 0 aliphatic rings. The Kier molecular flexibility index (Phi) is 7.62. The lowest BCUT2D eigenvalue weighted by Crippen LogP contribution is -2.40. The molecule has 0 bridgehead atoms. The van der Waals surface area contributed by atoms with E-state index in [2.05, 4.69) is 10.6 Å². The highest BCUT2D eigenvalue weighted by Crippen LogP contribution is 2.13. The average Bonchev–Trinajstić information content (AvgIpc) is 2.86. The third-order valence-electron chi connectivity index (χ3n) is 5.73. The first-order valence-electron chi connectivity index (χ1n) is 11.9. The highest BCUT2D eigenvalue weighted by atomic mass is 19.1. The highest BCUT2D eigenvalue weighted by molar-refractivity contribution is 5.91. The molecule has 0 unspecified atom stereocenters.